The number of fused-ring (bicyclic) bond motifs is 1. The Balaban J connectivity index is 2.15. The number of hydrogen-bond acceptors (Lipinski definition) is 4. The molecule has 0 bridgehead atoms. The van der Waals surface area contributed by atoms with E-state index in [1.54, 1.807) is 6.20 Å². The molecule has 0 unspecified atom stereocenters. The highest BCUT2D eigenvalue weighted by Crippen LogP contribution is 2.27. The second kappa shape index (κ2) is 4.66. The monoisotopic (exact) mass is 259 g/mol. The molecule has 1 fully saturated rings. The normalized spacial score (nSPS) is 19.3. The number of aromatic nitrogens is 2. The standard InChI is InChI=1S/C14H17N3O2/c1-9-6-11-2-4-15-14(19)12(11)13(16-9)17-5-3-10(7-17)8-18/h2,4,6,10,18H,3,5,7-8H2,1H3,(H,15,19)/t10-/m0/s1. The number of H-pyrrole nitrogens is 1. The average Bonchev–Trinajstić information content (AvgIpc) is 2.86. The molecule has 0 aromatic carbocycles. The molecule has 0 amide bonds. The van der Waals surface area contributed by atoms with Crippen molar-refractivity contribution in [1.82, 2.24) is 9.97 Å². The van der Waals surface area contributed by atoms with Gasteiger partial charge in [0.05, 0.1) is 5.39 Å². The minimum atomic E-state index is -0.104. The van der Waals surface area contributed by atoms with Crippen LogP contribution in [0.1, 0.15) is 12.1 Å². The summed E-state index contributed by atoms with van der Waals surface area (Å²) in [4.78, 5) is 21.4. The van der Waals surface area contributed by atoms with Gasteiger partial charge in [-0.3, -0.25) is 4.79 Å². The van der Waals surface area contributed by atoms with Crippen molar-refractivity contribution in [3.05, 3.63) is 34.4 Å². The van der Waals surface area contributed by atoms with Gasteiger partial charge in [-0.1, -0.05) is 0 Å². The molecule has 0 saturated carbocycles. The highest BCUT2D eigenvalue weighted by atomic mass is 16.3. The fraction of sp³-hybridized carbons (Fsp3) is 0.429. The van der Waals surface area contributed by atoms with Gasteiger partial charge < -0.3 is 15.0 Å². The van der Waals surface area contributed by atoms with Crippen LogP contribution in [-0.4, -0.2) is 34.8 Å². The van der Waals surface area contributed by atoms with Crippen molar-refractivity contribution in [2.24, 2.45) is 5.92 Å². The molecule has 1 atom stereocenters. The molecule has 0 spiro atoms. The van der Waals surface area contributed by atoms with E-state index < -0.39 is 0 Å². The molecule has 5 nitrogen and oxygen atoms in total. The molecular weight excluding hydrogens is 242 g/mol. The third kappa shape index (κ3) is 2.10. The first-order chi connectivity index (χ1) is 9.19. The number of pyridine rings is 2. The van der Waals surface area contributed by atoms with Crippen molar-refractivity contribution in [3.8, 4) is 0 Å². The van der Waals surface area contributed by atoms with Crippen molar-refractivity contribution in [2.45, 2.75) is 13.3 Å². The second-order valence-electron chi connectivity index (χ2n) is 5.14. The van der Waals surface area contributed by atoms with Gasteiger partial charge in [0.25, 0.3) is 5.56 Å². The predicted molar refractivity (Wildman–Crippen MR) is 74.5 cm³/mol. The van der Waals surface area contributed by atoms with E-state index in [2.05, 4.69) is 14.9 Å². The van der Waals surface area contributed by atoms with Crippen LogP contribution in [0.5, 0.6) is 0 Å². The minimum Gasteiger partial charge on any atom is -0.396 e. The summed E-state index contributed by atoms with van der Waals surface area (Å²) in [7, 11) is 0. The van der Waals surface area contributed by atoms with Gasteiger partial charge in [0.1, 0.15) is 5.82 Å². The van der Waals surface area contributed by atoms with E-state index in [0.717, 1.165) is 36.4 Å². The highest BCUT2D eigenvalue weighted by molar-refractivity contribution is 5.91. The molecule has 1 aliphatic rings. The van der Waals surface area contributed by atoms with E-state index in [0.29, 0.717) is 5.39 Å². The lowest BCUT2D eigenvalue weighted by Gasteiger charge is -2.19. The van der Waals surface area contributed by atoms with Crippen LogP contribution < -0.4 is 10.5 Å². The fourth-order valence-corrected chi connectivity index (χ4v) is 2.73. The van der Waals surface area contributed by atoms with Gasteiger partial charge in [-0.2, -0.15) is 0 Å². The lowest BCUT2D eigenvalue weighted by atomic mass is 10.1. The van der Waals surface area contributed by atoms with Crippen molar-refractivity contribution in [1.29, 1.82) is 0 Å². The van der Waals surface area contributed by atoms with Crippen LogP contribution >= 0.6 is 0 Å². The first-order valence-electron chi connectivity index (χ1n) is 6.54. The van der Waals surface area contributed by atoms with Gasteiger partial charge in [0, 0.05) is 37.5 Å². The maximum atomic E-state index is 12.0. The number of aliphatic hydroxyl groups excluding tert-OH is 1. The SMILES string of the molecule is Cc1cc2cc[nH]c(=O)c2c(N2CC[C@H](CO)C2)n1. The number of aromatic amines is 1. The summed E-state index contributed by atoms with van der Waals surface area (Å²) in [6.45, 7) is 3.72. The third-order valence-corrected chi connectivity index (χ3v) is 3.71. The Morgan fingerprint density at radius 1 is 1.58 bits per heavy atom. The van der Waals surface area contributed by atoms with E-state index in [9.17, 15) is 9.90 Å². The predicted octanol–water partition coefficient (Wildman–Crippen LogP) is 1.05. The molecule has 0 radical (unpaired) electrons. The maximum Gasteiger partial charge on any atom is 0.259 e. The fourth-order valence-electron chi connectivity index (χ4n) is 2.73. The van der Waals surface area contributed by atoms with E-state index in [1.165, 1.54) is 0 Å². The summed E-state index contributed by atoms with van der Waals surface area (Å²) in [5.74, 6) is 1.02. The first kappa shape index (κ1) is 12.2. The molecule has 3 rings (SSSR count). The molecule has 2 aromatic heterocycles. The smallest absolute Gasteiger partial charge is 0.259 e. The molecule has 2 aromatic rings. The number of nitrogens with zero attached hydrogens (tertiary/aromatic N) is 2. The van der Waals surface area contributed by atoms with Crippen LogP contribution in [0.3, 0.4) is 0 Å². The first-order valence-corrected chi connectivity index (χ1v) is 6.54. The van der Waals surface area contributed by atoms with Gasteiger partial charge >= 0.3 is 0 Å². The Hall–Kier alpha value is -1.88. The second-order valence-corrected chi connectivity index (χ2v) is 5.14. The lowest BCUT2D eigenvalue weighted by molar-refractivity contribution is 0.238. The van der Waals surface area contributed by atoms with Crippen molar-refractivity contribution >= 4 is 16.6 Å². The van der Waals surface area contributed by atoms with Gasteiger partial charge in [0.15, 0.2) is 0 Å². The summed E-state index contributed by atoms with van der Waals surface area (Å²) in [6.07, 6.45) is 2.60. The Morgan fingerprint density at radius 2 is 2.42 bits per heavy atom. The van der Waals surface area contributed by atoms with Crippen LogP contribution in [0.25, 0.3) is 10.8 Å². The summed E-state index contributed by atoms with van der Waals surface area (Å²) in [5.41, 5.74) is 0.799. The zero-order valence-corrected chi connectivity index (χ0v) is 10.9. The van der Waals surface area contributed by atoms with E-state index in [4.69, 9.17) is 0 Å². The molecule has 1 saturated heterocycles. The number of aliphatic hydroxyl groups is 1. The zero-order valence-electron chi connectivity index (χ0n) is 10.9. The maximum absolute atomic E-state index is 12.0. The van der Waals surface area contributed by atoms with Crippen LogP contribution in [0.2, 0.25) is 0 Å². The van der Waals surface area contributed by atoms with Crippen molar-refractivity contribution < 1.29 is 5.11 Å². The van der Waals surface area contributed by atoms with E-state index >= 15 is 0 Å². The summed E-state index contributed by atoms with van der Waals surface area (Å²) < 4.78 is 0. The molecule has 100 valence electrons. The molecule has 1 aliphatic heterocycles. The van der Waals surface area contributed by atoms with Crippen molar-refractivity contribution in [3.63, 3.8) is 0 Å². The number of aryl methyl sites for hydroxylation is 1. The average molecular weight is 259 g/mol. The van der Waals surface area contributed by atoms with Gasteiger partial charge in [0.2, 0.25) is 0 Å². The number of hydrogen-bond donors (Lipinski definition) is 2. The quantitative estimate of drug-likeness (QED) is 0.846. The van der Waals surface area contributed by atoms with Gasteiger partial charge in [-0.15, -0.1) is 0 Å². The molecule has 3 heterocycles. The van der Waals surface area contributed by atoms with Crippen LogP contribution in [-0.2, 0) is 0 Å². The van der Waals surface area contributed by atoms with Gasteiger partial charge in [-0.25, -0.2) is 4.98 Å². The van der Waals surface area contributed by atoms with Gasteiger partial charge in [-0.05, 0) is 30.9 Å². The zero-order chi connectivity index (χ0) is 13.4. The minimum absolute atomic E-state index is 0.104. The number of nitrogens with one attached hydrogen (secondary N) is 1. The molecule has 0 aliphatic carbocycles. The third-order valence-electron chi connectivity index (χ3n) is 3.71. The van der Waals surface area contributed by atoms with Crippen LogP contribution in [0, 0.1) is 12.8 Å². The van der Waals surface area contributed by atoms with E-state index in [1.807, 2.05) is 19.1 Å². The molecule has 19 heavy (non-hydrogen) atoms. The van der Waals surface area contributed by atoms with Crippen molar-refractivity contribution in [2.75, 3.05) is 24.6 Å². The highest BCUT2D eigenvalue weighted by Gasteiger charge is 2.25. The largest absolute Gasteiger partial charge is 0.396 e. The lowest BCUT2D eigenvalue weighted by Crippen LogP contribution is -2.24. The molecule has 5 heteroatoms. The van der Waals surface area contributed by atoms with Crippen LogP contribution in [0.15, 0.2) is 23.1 Å². The Labute approximate surface area is 110 Å². The Kier molecular flexibility index (Phi) is 2.98. The molecular formula is C14H17N3O2. The summed E-state index contributed by atoms with van der Waals surface area (Å²) in [5, 5.41) is 10.8. The van der Waals surface area contributed by atoms with E-state index in [-0.39, 0.29) is 18.1 Å². The Bertz CT molecular complexity index is 665. The topological polar surface area (TPSA) is 69.2 Å². The van der Waals surface area contributed by atoms with Crippen LogP contribution in [0.4, 0.5) is 5.82 Å². The molecule has 2 N–H and O–H groups in total. The number of rotatable bonds is 2. The Morgan fingerprint density at radius 3 is 3.16 bits per heavy atom. The summed E-state index contributed by atoms with van der Waals surface area (Å²) >= 11 is 0. The summed E-state index contributed by atoms with van der Waals surface area (Å²) in [6, 6.07) is 3.82. The number of anilines is 1.